The van der Waals surface area contributed by atoms with Crippen LogP contribution in [0, 0.1) is 0 Å². The first-order valence-corrected chi connectivity index (χ1v) is 21.8. The molecule has 0 spiro atoms. The summed E-state index contributed by atoms with van der Waals surface area (Å²) in [4.78, 5) is 33.8. The molecule has 0 heterocycles. The number of hydrogen-bond donors (Lipinski definition) is 3. The normalized spacial score (nSPS) is 13.6. The molecule has 0 aliphatic carbocycles. The van der Waals surface area contributed by atoms with Gasteiger partial charge in [0.2, 0.25) is 5.91 Å². The average molecular weight is 730 g/mol. The van der Waals surface area contributed by atoms with E-state index >= 15 is 0 Å². The molecule has 0 saturated heterocycles. The van der Waals surface area contributed by atoms with Gasteiger partial charge in [-0.1, -0.05) is 134 Å². The van der Waals surface area contributed by atoms with E-state index in [2.05, 4.69) is 43.5 Å². The van der Waals surface area contributed by atoms with Crippen molar-refractivity contribution >= 4 is 19.7 Å². The number of phosphoric ester groups is 1. The molecule has 50 heavy (non-hydrogen) atoms. The quantitative estimate of drug-likeness (QED) is 0.0248. The fourth-order valence-electron chi connectivity index (χ4n) is 5.49. The van der Waals surface area contributed by atoms with E-state index in [0.29, 0.717) is 6.42 Å². The van der Waals surface area contributed by atoms with E-state index in [1.807, 2.05) is 0 Å². The highest BCUT2D eigenvalue weighted by Crippen LogP contribution is 2.42. The summed E-state index contributed by atoms with van der Waals surface area (Å²) in [6.07, 6.45) is 38.2. The number of unbranched alkanes of at least 4 members (excludes halogenated alkanes) is 21. The number of nitrogens with one attached hydrogen (secondary N) is 1. The molecule has 0 saturated carbocycles. The van der Waals surface area contributed by atoms with Crippen molar-refractivity contribution in [2.45, 2.75) is 193 Å². The van der Waals surface area contributed by atoms with E-state index in [4.69, 9.17) is 13.8 Å². The van der Waals surface area contributed by atoms with Gasteiger partial charge in [-0.15, -0.1) is 0 Å². The van der Waals surface area contributed by atoms with Gasteiger partial charge in [-0.2, -0.15) is 0 Å². The van der Waals surface area contributed by atoms with Gasteiger partial charge in [0.15, 0.2) is 0 Å². The minimum atomic E-state index is -4.41. The summed E-state index contributed by atoms with van der Waals surface area (Å²) >= 11 is 0. The lowest BCUT2D eigenvalue weighted by Crippen LogP contribution is -2.27. The highest BCUT2D eigenvalue weighted by molar-refractivity contribution is 7.47. The van der Waals surface area contributed by atoms with Crippen molar-refractivity contribution in [1.82, 2.24) is 5.32 Å². The van der Waals surface area contributed by atoms with Gasteiger partial charge in [0.1, 0.15) is 12.7 Å². The lowest BCUT2D eigenvalue weighted by Gasteiger charge is -2.15. The van der Waals surface area contributed by atoms with Crippen molar-refractivity contribution in [3.8, 4) is 0 Å². The highest BCUT2D eigenvalue weighted by atomic mass is 31.2. The van der Waals surface area contributed by atoms with Gasteiger partial charge in [-0.25, -0.2) is 4.57 Å². The van der Waals surface area contributed by atoms with Gasteiger partial charge in [-0.3, -0.25) is 18.6 Å². The van der Waals surface area contributed by atoms with Crippen molar-refractivity contribution < 1.29 is 37.9 Å². The maximum Gasteiger partial charge on any atom is 0.472 e. The third kappa shape index (κ3) is 37.7. The van der Waals surface area contributed by atoms with Crippen LogP contribution in [0.2, 0.25) is 0 Å². The third-order valence-electron chi connectivity index (χ3n) is 8.60. The van der Waals surface area contributed by atoms with E-state index < -0.39 is 26.5 Å². The predicted octanol–water partition coefficient (Wildman–Crippen LogP) is 10.8. The van der Waals surface area contributed by atoms with Crippen LogP contribution in [0.15, 0.2) is 24.3 Å². The molecule has 0 bridgehead atoms. The van der Waals surface area contributed by atoms with Crippen LogP contribution >= 0.6 is 7.82 Å². The molecule has 1 amide bonds. The molecule has 10 heteroatoms. The molecule has 0 radical (unpaired) electrons. The summed E-state index contributed by atoms with van der Waals surface area (Å²) < 4.78 is 26.8. The Morgan fingerprint density at radius 2 is 1.02 bits per heavy atom. The molecule has 2 unspecified atom stereocenters. The zero-order valence-electron chi connectivity index (χ0n) is 32.1. The number of hydrogen-bond acceptors (Lipinski definition) is 7. The number of carbonyl (C=O) groups is 2. The summed E-state index contributed by atoms with van der Waals surface area (Å²) in [5.74, 6) is -0.532. The molecule has 294 valence electrons. The Bertz CT molecular complexity index is 881. The van der Waals surface area contributed by atoms with Gasteiger partial charge in [0, 0.05) is 19.4 Å². The van der Waals surface area contributed by atoms with E-state index in [-0.39, 0.29) is 32.1 Å². The molecule has 9 nitrogen and oxygen atoms in total. The number of allylic oxidation sites excluding steroid dienone is 4. The van der Waals surface area contributed by atoms with Gasteiger partial charge < -0.3 is 20.1 Å². The Morgan fingerprint density at radius 1 is 0.600 bits per heavy atom. The van der Waals surface area contributed by atoms with Gasteiger partial charge in [-0.05, 0) is 64.2 Å². The number of phosphoric acid groups is 1. The number of rotatable bonds is 38. The van der Waals surface area contributed by atoms with Crippen molar-refractivity contribution in [3.05, 3.63) is 24.3 Å². The van der Waals surface area contributed by atoms with Gasteiger partial charge in [0.05, 0.1) is 13.2 Å². The molecule has 0 aromatic carbocycles. The van der Waals surface area contributed by atoms with Crippen LogP contribution in [-0.2, 0) is 27.9 Å². The molecule has 0 aromatic rings. The molecular weight excluding hydrogens is 653 g/mol. The van der Waals surface area contributed by atoms with E-state index in [9.17, 15) is 24.2 Å². The number of aliphatic hydroxyl groups is 1. The van der Waals surface area contributed by atoms with Crippen LogP contribution < -0.4 is 5.32 Å². The maximum atomic E-state index is 12.1. The van der Waals surface area contributed by atoms with E-state index in [0.717, 1.165) is 70.6 Å². The molecule has 0 aliphatic rings. The Labute approximate surface area is 306 Å². The van der Waals surface area contributed by atoms with Crippen LogP contribution in [0.25, 0.3) is 0 Å². The molecule has 0 aliphatic heterocycles. The smallest absolute Gasteiger partial charge is 0.463 e. The standard InChI is InChI=1S/C40H76NO8P/c1-3-5-7-9-11-13-15-17-19-21-23-25-27-29-31-33-40(44)47-36-38(42)37-49-50(45,46)48-35-34-41-39(43)32-30-28-26-24-22-20-18-16-14-12-10-8-6-4-2/h16-19,38,42H,3-15,20-37H2,1-2H3,(H,41,43)(H,45,46)/b18-16-,19-17-. The van der Waals surface area contributed by atoms with Crippen LogP contribution in [0.1, 0.15) is 187 Å². The largest absolute Gasteiger partial charge is 0.472 e. The lowest BCUT2D eigenvalue weighted by molar-refractivity contribution is -0.147. The van der Waals surface area contributed by atoms with Gasteiger partial charge in [0.25, 0.3) is 0 Å². The molecular formula is C40H76NO8P. The number of ether oxygens (including phenoxy) is 1. The second-order valence-electron chi connectivity index (χ2n) is 13.6. The Kier molecular flexibility index (Phi) is 36.1. The van der Waals surface area contributed by atoms with Crippen molar-refractivity contribution in [1.29, 1.82) is 0 Å². The van der Waals surface area contributed by atoms with E-state index in [1.54, 1.807) is 0 Å². The summed E-state index contributed by atoms with van der Waals surface area (Å²) in [5, 5.41) is 12.7. The zero-order valence-corrected chi connectivity index (χ0v) is 33.0. The number of carbonyl (C=O) groups excluding carboxylic acids is 2. The number of amides is 1. The number of esters is 1. The van der Waals surface area contributed by atoms with Gasteiger partial charge >= 0.3 is 13.8 Å². The second-order valence-corrected chi connectivity index (χ2v) is 15.1. The van der Waals surface area contributed by atoms with E-state index in [1.165, 1.54) is 89.9 Å². The number of aliphatic hydroxyl groups excluding tert-OH is 1. The topological polar surface area (TPSA) is 131 Å². The summed E-state index contributed by atoms with van der Waals surface area (Å²) in [5.41, 5.74) is 0. The first-order chi connectivity index (χ1) is 24.3. The third-order valence-corrected chi connectivity index (χ3v) is 9.59. The minimum Gasteiger partial charge on any atom is -0.463 e. The van der Waals surface area contributed by atoms with Crippen LogP contribution in [-0.4, -0.2) is 54.3 Å². The molecule has 0 rings (SSSR count). The SMILES string of the molecule is CCCCCCC/C=C\CCCCCCCC(=O)NCCOP(=O)(O)OCC(O)COC(=O)CCCCCCC/C=C\CCCCCCCC. The summed E-state index contributed by atoms with van der Waals surface area (Å²) in [7, 11) is -4.41. The summed E-state index contributed by atoms with van der Waals surface area (Å²) in [6, 6.07) is 0. The Hall–Kier alpha value is -1.51. The second kappa shape index (κ2) is 37.3. The van der Waals surface area contributed by atoms with Crippen molar-refractivity contribution in [3.63, 3.8) is 0 Å². The minimum absolute atomic E-state index is 0.0776. The molecule has 0 fully saturated rings. The Morgan fingerprint density at radius 3 is 1.50 bits per heavy atom. The first-order valence-electron chi connectivity index (χ1n) is 20.3. The lowest BCUT2D eigenvalue weighted by atomic mass is 10.1. The maximum absolute atomic E-state index is 12.1. The Balaban J connectivity index is 3.63. The fraction of sp³-hybridized carbons (Fsp3) is 0.850. The molecule has 2 atom stereocenters. The fourth-order valence-corrected chi connectivity index (χ4v) is 6.24. The van der Waals surface area contributed by atoms with Crippen LogP contribution in [0.5, 0.6) is 0 Å². The average Bonchev–Trinajstić information content (AvgIpc) is 3.10. The van der Waals surface area contributed by atoms with Crippen LogP contribution in [0.4, 0.5) is 0 Å². The van der Waals surface area contributed by atoms with Crippen molar-refractivity contribution in [2.24, 2.45) is 0 Å². The first kappa shape index (κ1) is 48.5. The molecule has 3 N–H and O–H groups in total. The highest BCUT2D eigenvalue weighted by Gasteiger charge is 2.23. The van der Waals surface area contributed by atoms with Crippen molar-refractivity contribution in [2.75, 3.05) is 26.4 Å². The van der Waals surface area contributed by atoms with Crippen LogP contribution in [0.3, 0.4) is 0 Å². The zero-order chi connectivity index (χ0) is 36.8. The molecule has 0 aromatic heterocycles. The monoisotopic (exact) mass is 730 g/mol. The predicted molar refractivity (Wildman–Crippen MR) is 206 cm³/mol. The summed E-state index contributed by atoms with van der Waals surface area (Å²) in [6.45, 7) is 3.52.